The van der Waals surface area contributed by atoms with Gasteiger partial charge in [0.15, 0.2) is 0 Å². The minimum absolute atomic E-state index is 0.0347. The molecule has 13 heteroatoms. The number of aromatic nitrogens is 2. The van der Waals surface area contributed by atoms with Crippen LogP contribution in [-0.2, 0) is 0 Å². The van der Waals surface area contributed by atoms with Gasteiger partial charge in [0, 0.05) is 23.8 Å². The second-order valence-electron chi connectivity index (χ2n) is 5.72. The zero-order chi connectivity index (χ0) is 21.8. The van der Waals surface area contributed by atoms with E-state index in [0.29, 0.717) is 17.1 Å². The Hall–Kier alpha value is -4.55. The Labute approximate surface area is 167 Å². The van der Waals surface area contributed by atoms with Gasteiger partial charge in [-0.1, -0.05) is 5.10 Å². The topological polar surface area (TPSA) is 173 Å². The minimum Gasteiger partial charge on any atom is -0.497 e. The van der Waals surface area contributed by atoms with E-state index in [1.165, 1.54) is 14.2 Å². The highest BCUT2D eigenvalue weighted by molar-refractivity contribution is 6.04. The Kier molecular flexibility index (Phi) is 5.53. The highest BCUT2D eigenvalue weighted by Gasteiger charge is 2.21. The minimum atomic E-state index is -0.903. The fourth-order valence-corrected chi connectivity index (χ4v) is 2.43. The zero-order valence-electron chi connectivity index (χ0n) is 15.5. The molecule has 1 heterocycles. The first kappa shape index (κ1) is 20.2. The fourth-order valence-electron chi connectivity index (χ4n) is 2.43. The van der Waals surface area contributed by atoms with Crippen molar-refractivity contribution in [3.05, 3.63) is 62.2 Å². The van der Waals surface area contributed by atoms with Crippen molar-refractivity contribution in [1.82, 2.24) is 10.2 Å². The molecular formula is C17H13N5O8. The third kappa shape index (κ3) is 4.30. The number of nitro benzene ring substituents is 2. The lowest BCUT2D eigenvalue weighted by atomic mass is 10.1. The normalized spacial score (nSPS) is 10.3. The van der Waals surface area contributed by atoms with Gasteiger partial charge < -0.3 is 13.9 Å². The number of amides is 1. The lowest BCUT2D eigenvalue weighted by Gasteiger charge is -2.05. The maximum absolute atomic E-state index is 12.4. The van der Waals surface area contributed by atoms with Crippen LogP contribution in [0, 0.1) is 20.2 Å². The number of hydrogen-bond donors (Lipinski definition) is 1. The van der Waals surface area contributed by atoms with E-state index in [1.807, 2.05) is 0 Å². The molecular weight excluding hydrogens is 402 g/mol. The van der Waals surface area contributed by atoms with Crippen LogP contribution in [0.5, 0.6) is 11.5 Å². The van der Waals surface area contributed by atoms with Crippen molar-refractivity contribution in [2.75, 3.05) is 19.5 Å². The molecule has 30 heavy (non-hydrogen) atoms. The number of benzene rings is 2. The predicted octanol–water partition coefficient (Wildman–Crippen LogP) is 2.82. The van der Waals surface area contributed by atoms with E-state index in [9.17, 15) is 25.0 Å². The molecule has 154 valence electrons. The van der Waals surface area contributed by atoms with Crippen LogP contribution in [0.25, 0.3) is 11.5 Å². The van der Waals surface area contributed by atoms with Crippen LogP contribution in [0.4, 0.5) is 17.4 Å². The first-order valence-corrected chi connectivity index (χ1v) is 8.13. The highest BCUT2D eigenvalue weighted by atomic mass is 16.6. The van der Waals surface area contributed by atoms with Gasteiger partial charge in [0.2, 0.25) is 5.89 Å². The predicted molar refractivity (Wildman–Crippen MR) is 101 cm³/mol. The molecule has 0 atom stereocenters. The molecule has 0 saturated carbocycles. The maximum Gasteiger partial charge on any atom is 0.322 e. The van der Waals surface area contributed by atoms with Crippen LogP contribution in [-0.4, -0.2) is 40.2 Å². The summed E-state index contributed by atoms with van der Waals surface area (Å²) < 4.78 is 15.7. The second-order valence-corrected chi connectivity index (χ2v) is 5.72. The average molecular weight is 415 g/mol. The van der Waals surface area contributed by atoms with Crippen molar-refractivity contribution in [3.8, 4) is 23.0 Å². The largest absolute Gasteiger partial charge is 0.497 e. The van der Waals surface area contributed by atoms with E-state index in [0.717, 1.165) is 18.2 Å². The molecule has 13 nitrogen and oxygen atoms in total. The second kappa shape index (κ2) is 8.22. The monoisotopic (exact) mass is 415 g/mol. The molecule has 1 aromatic heterocycles. The van der Waals surface area contributed by atoms with Crippen LogP contribution < -0.4 is 14.8 Å². The number of nitrogens with one attached hydrogen (secondary N) is 1. The highest BCUT2D eigenvalue weighted by Crippen LogP contribution is 2.30. The van der Waals surface area contributed by atoms with Crippen molar-refractivity contribution in [3.63, 3.8) is 0 Å². The summed E-state index contributed by atoms with van der Waals surface area (Å²) in [6, 6.07) is 7.07. The van der Waals surface area contributed by atoms with Crippen LogP contribution in [0.3, 0.4) is 0 Å². The molecule has 3 rings (SSSR count). The summed E-state index contributed by atoms with van der Waals surface area (Å²) in [4.78, 5) is 32.6. The summed E-state index contributed by atoms with van der Waals surface area (Å²) in [5.74, 6) is 0.0711. The molecule has 3 aromatic rings. The third-order valence-electron chi connectivity index (χ3n) is 3.83. The van der Waals surface area contributed by atoms with Gasteiger partial charge in [-0.15, -0.1) is 5.10 Å². The van der Waals surface area contributed by atoms with Gasteiger partial charge in [-0.05, 0) is 12.1 Å². The lowest BCUT2D eigenvalue weighted by molar-refractivity contribution is -0.394. The standard InChI is InChI=1S/C17H13N5O8/c1-28-13-5-10(6-14(8-13)29-2)16-19-20-17(30-16)18-15(23)9-3-11(21(24)25)7-12(4-9)22(26)27/h3-8H,1-2H3,(H,18,20,23). The summed E-state index contributed by atoms with van der Waals surface area (Å²) in [6.07, 6.45) is 0. The summed E-state index contributed by atoms with van der Waals surface area (Å²) in [5.41, 5.74) is -1.09. The number of carbonyl (C=O) groups excluding carboxylic acids is 1. The average Bonchev–Trinajstić information content (AvgIpc) is 3.21. The summed E-state index contributed by atoms with van der Waals surface area (Å²) in [6.45, 7) is 0. The van der Waals surface area contributed by atoms with Gasteiger partial charge in [0.05, 0.1) is 35.7 Å². The van der Waals surface area contributed by atoms with Crippen LogP contribution in [0.15, 0.2) is 40.8 Å². The number of methoxy groups -OCH3 is 2. The SMILES string of the molecule is COc1cc(OC)cc(-c2nnc(NC(=O)c3cc([N+](=O)[O-])cc([N+](=O)[O-])c3)o2)c1. The lowest BCUT2D eigenvalue weighted by Crippen LogP contribution is -2.13. The van der Waals surface area contributed by atoms with E-state index in [4.69, 9.17) is 13.9 Å². The molecule has 0 aliphatic carbocycles. The molecule has 1 amide bonds. The third-order valence-corrected chi connectivity index (χ3v) is 3.83. The van der Waals surface area contributed by atoms with Crippen molar-refractivity contribution in [2.45, 2.75) is 0 Å². The van der Waals surface area contributed by atoms with Crippen molar-refractivity contribution >= 4 is 23.3 Å². The van der Waals surface area contributed by atoms with Gasteiger partial charge in [0.25, 0.3) is 17.3 Å². The van der Waals surface area contributed by atoms with Crippen LogP contribution in [0.2, 0.25) is 0 Å². The van der Waals surface area contributed by atoms with Crippen molar-refractivity contribution < 1.29 is 28.5 Å². The molecule has 1 N–H and O–H groups in total. The van der Waals surface area contributed by atoms with E-state index < -0.39 is 27.1 Å². The molecule has 0 unspecified atom stereocenters. The fraction of sp³-hybridized carbons (Fsp3) is 0.118. The van der Waals surface area contributed by atoms with E-state index in [-0.39, 0.29) is 17.5 Å². The smallest absolute Gasteiger partial charge is 0.322 e. The first-order valence-electron chi connectivity index (χ1n) is 8.13. The number of non-ortho nitro benzene ring substituents is 2. The quantitative estimate of drug-likeness (QED) is 0.446. The summed E-state index contributed by atoms with van der Waals surface area (Å²) in [7, 11) is 2.94. The number of carbonyl (C=O) groups is 1. The molecule has 0 spiro atoms. The first-order chi connectivity index (χ1) is 14.3. The number of hydrogen-bond acceptors (Lipinski definition) is 10. The van der Waals surface area contributed by atoms with E-state index in [1.54, 1.807) is 18.2 Å². The number of anilines is 1. The van der Waals surface area contributed by atoms with Crippen molar-refractivity contribution in [1.29, 1.82) is 0 Å². The Balaban J connectivity index is 1.87. The zero-order valence-corrected chi connectivity index (χ0v) is 15.5. The number of nitrogens with zero attached hydrogens (tertiary/aromatic N) is 4. The summed E-state index contributed by atoms with van der Waals surface area (Å²) in [5, 5.41) is 31.7. The molecule has 0 aliphatic rings. The Morgan fingerprint density at radius 3 is 2.00 bits per heavy atom. The van der Waals surface area contributed by atoms with Gasteiger partial charge in [-0.2, -0.15) is 0 Å². The van der Waals surface area contributed by atoms with Crippen LogP contribution >= 0.6 is 0 Å². The maximum atomic E-state index is 12.4. The Bertz CT molecular complexity index is 1090. The number of rotatable bonds is 7. The molecule has 0 radical (unpaired) electrons. The van der Waals surface area contributed by atoms with Gasteiger partial charge >= 0.3 is 6.01 Å². The summed E-state index contributed by atoms with van der Waals surface area (Å²) >= 11 is 0. The van der Waals surface area contributed by atoms with Crippen LogP contribution in [0.1, 0.15) is 10.4 Å². The molecule has 2 aromatic carbocycles. The van der Waals surface area contributed by atoms with E-state index in [2.05, 4.69) is 15.5 Å². The van der Waals surface area contributed by atoms with E-state index >= 15 is 0 Å². The van der Waals surface area contributed by atoms with Gasteiger partial charge in [-0.3, -0.25) is 30.3 Å². The molecule has 0 aliphatic heterocycles. The Morgan fingerprint density at radius 2 is 1.50 bits per heavy atom. The molecule has 0 saturated heterocycles. The van der Waals surface area contributed by atoms with Gasteiger partial charge in [-0.25, -0.2) is 0 Å². The molecule has 0 fully saturated rings. The number of nitro groups is 2. The van der Waals surface area contributed by atoms with Gasteiger partial charge in [0.1, 0.15) is 11.5 Å². The van der Waals surface area contributed by atoms with Crippen molar-refractivity contribution in [2.24, 2.45) is 0 Å². The number of ether oxygens (including phenoxy) is 2. The Morgan fingerprint density at radius 1 is 0.933 bits per heavy atom. The molecule has 0 bridgehead atoms.